The third kappa shape index (κ3) is 3.91. The van der Waals surface area contributed by atoms with Crippen molar-refractivity contribution in [2.24, 2.45) is 11.3 Å². The lowest BCUT2D eigenvalue weighted by atomic mass is 9.81. The summed E-state index contributed by atoms with van der Waals surface area (Å²) in [5.74, 6) is 0.378. The molecule has 0 aliphatic carbocycles. The average Bonchev–Trinajstić information content (AvgIpc) is 2.36. The molecule has 1 heterocycles. The van der Waals surface area contributed by atoms with Gasteiger partial charge >= 0.3 is 0 Å². The van der Waals surface area contributed by atoms with Crippen molar-refractivity contribution in [3.05, 3.63) is 18.3 Å². The molecule has 19 heavy (non-hydrogen) atoms. The standard InChI is InChI=1S/C13H23N3O2S/c1-10(2)13(3,4)9-16-19(17,18)12-11(14-5)7-6-8-15-12/h6-8,10,14,16H,9H2,1-5H3. The van der Waals surface area contributed by atoms with Gasteiger partial charge in [-0.15, -0.1) is 0 Å². The molecular formula is C13H23N3O2S. The SMILES string of the molecule is CNc1cccnc1S(=O)(=O)NCC(C)(C)C(C)C. The highest BCUT2D eigenvalue weighted by atomic mass is 32.2. The molecule has 0 spiro atoms. The second kappa shape index (κ2) is 5.88. The van der Waals surface area contributed by atoms with Crippen molar-refractivity contribution in [1.29, 1.82) is 0 Å². The van der Waals surface area contributed by atoms with Gasteiger partial charge in [-0.1, -0.05) is 27.7 Å². The summed E-state index contributed by atoms with van der Waals surface area (Å²) in [5, 5.41) is 2.88. The summed E-state index contributed by atoms with van der Waals surface area (Å²) in [7, 11) is -1.92. The maximum atomic E-state index is 12.3. The number of anilines is 1. The summed E-state index contributed by atoms with van der Waals surface area (Å²) < 4.78 is 27.2. The number of nitrogens with one attached hydrogen (secondary N) is 2. The first-order chi connectivity index (χ1) is 8.70. The van der Waals surface area contributed by atoms with Gasteiger partial charge in [-0.3, -0.25) is 0 Å². The van der Waals surface area contributed by atoms with Crippen LogP contribution in [0.4, 0.5) is 5.69 Å². The van der Waals surface area contributed by atoms with Gasteiger partial charge in [0.2, 0.25) is 0 Å². The lowest BCUT2D eigenvalue weighted by molar-refractivity contribution is 0.252. The number of hydrogen-bond acceptors (Lipinski definition) is 4. The van der Waals surface area contributed by atoms with Crippen LogP contribution in [0.1, 0.15) is 27.7 Å². The van der Waals surface area contributed by atoms with Crippen molar-refractivity contribution < 1.29 is 8.42 Å². The van der Waals surface area contributed by atoms with E-state index >= 15 is 0 Å². The Labute approximate surface area is 115 Å². The molecule has 0 atom stereocenters. The van der Waals surface area contributed by atoms with Gasteiger partial charge < -0.3 is 5.32 Å². The van der Waals surface area contributed by atoms with E-state index in [0.29, 0.717) is 18.2 Å². The first-order valence-corrected chi connectivity index (χ1v) is 7.81. The van der Waals surface area contributed by atoms with Crippen LogP contribution in [-0.2, 0) is 10.0 Å². The normalized spacial score (nSPS) is 12.7. The van der Waals surface area contributed by atoms with Crippen LogP contribution < -0.4 is 10.0 Å². The largest absolute Gasteiger partial charge is 0.386 e. The number of nitrogens with zero attached hydrogens (tertiary/aromatic N) is 1. The molecule has 0 aliphatic rings. The van der Waals surface area contributed by atoms with E-state index in [2.05, 4.69) is 28.9 Å². The maximum absolute atomic E-state index is 12.3. The van der Waals surface area contributed by atoms with Crippen LogP contribution in [0.5, 0.6) is 0 Å². The molecular weight excluding hydrogens is 262 g/mol. The molecule has 0 fully saturated rings. The molecule has 0 saturated carbocycles. The van der Waals surface area contributed by atoms with E-state index in [-0.39, 0.29) is 10.4 Å². The number of hydrogen-bond donors (Lipinski definition) is 2. The fourth-order valence-corrected chi connectivity index (χ4v) is 2.71. The van der Waals surface area contributed by atoms with E-state index in [1.165, 1.54) is 6.20 Å². The van der Waals surface area contributed by atoms with Crippen LogP contribution in [-0.4, -0.2) is 27.0 Å². The Morgan fingerprint density at radius 2 is 2.00 bits per heavy atom. The summed E-state index contributed by atoms with van der Waals surface area (Å²) >= 11 is 0. The highest BCUT2D eigenvalue weighted by Gasteiger charge is 2.27. The van der Waals surface area contributed by atoms with Crippen LogP contribution >= 0.6 is 0 Å². The Kier molecular flexibility index (Phi) is 4.92. The summed E-state index contributed by atoms with van der Waals surface area (Å²) in [6, 6.07) is 3.39. The summed E-state index contributed by atoms with van der Waals surface area (Å²) in [5.41, 5.74) is 0.388. The predicted octanol–water partition coefficient (Wildman–Crippen LogP) is 2.08. The van der Waals surface area contributed by atoms with Gasteiger partial charge in [0, 0.05) is 19.8 Å². The number of sulfonamides is 1. The Balaban J connectivity index is 2.94. The van der Waals surface area contributed by atoms with Gasteiger partial charge in [0.15, 0.2) is 5.03 Å². The van der Waals surface area contributed by atoms with Crippen LogP contribution in [0.15, 0.2) is 23.4 Å². The molecule has 0 amide bonds. The molecule has 0 radical (unpaired) electrons. The average molecular weight is 285 g/mol. The second-order valence-electron chi connectivity index (χ2n) is 5.57. The van der Waals surface area contributed by atoms with Crippen LogP contribution in [0.25, 0.3) is 0 Å². The molecule has 2 N–H and O–H groups in total. The molecule has 5 nitrogen and oxygen atoms in total. The lowest BCUT2D eigenvalue weighted by Gasteiger charge is -2.29. The first kappa shape index (κ1) is 15.9. The maximum Gasteiger partial charge on any atom is 0.260 e. The number of aromatic nitrogens is 1. The minimum atomic E-state index is -3.59. The molecule has 0 unspecified atom stereocenters. The molecule has 108 valence electrons. The van der Waals surface area contributed by atoms with Crippen molar-refractivity contribution in [2.45, 2.75) is 32.7 Å². The third-order valence-corrected chi connectivity index (χ3v) is 4.93. The Morgan fingerprint density at radius 3 is 2.53 bits per heavy atom. The highest BCUT2D eigenvalue weighted by Crippen LogP contribution is 2.26. The molecule has 6 heteroatoms. The van der Waals surface area contributed by atoms with E-state index in [9.17, 15) is 8.42 Å². The smallest absolute Gasteiger partial charge is 0.260 e. The zero-order valence-electron chi connectivity index (χ0n) is 12.2. The molecule has 0 aliphatic heterocycles. The molecule has 1 aromatic heterocycles. The number of rotatable bonds is 6. The van der Waals surface area contributed by atoms with E-state index < -0.39 is 10.0 Å². The Morgan fingerprint density at radius 1 is 1.37 bits per heavy atom. The van der Waals surface area contributed by atoms with Crippen LogP contribution in [0.3, 0.4) is 0 Å². The topological polar surface area (TPSA) is 71.1 Å². The molecule has 1 aromatic rings. The zero-order valence-corrected chi connectivity index (χ0v) is 13.0. The molecule has 1 rings (SSSR count). The second-order valence-corrected chi connectivity index (χ2v) is 7.26. The van der Waals surface area contributed by atoms with E-state index in [1.54, 1.807) is 19.2 Å². The quantitative estimate of drug-likeness (QED) is 0.839. The van der Waals surface area contributed by atoms with Gasteiger partial charge in [0.05, 0.1) is 5.69 Å². The minimum Gasteiger partial charge on any atom is -0.386 e. The van der Waals surface area contributed by atoms with Crippen molar-refractivity contribution in [2.75, 3.05) is 18.9 Å². The fourth-order valence-electron chi connectivity index (χ4n) is 1.35. The van der Waals surface area contributed by atoms with Crippen molar-refractivity contribution >= 4 is 15.7 Å². The summed E-state index contributed by atoms with van der Waals surface area (Å²) in [4.78, 5) is 3.95. The van der Waals surface area contributed by atoms with Crippen molar-refractivity contribution in [3.8, 4) is 0 Å². The lowest BCUT2D eigenvalue weighted by Crippen LogP contribution is -2.37. The van der Waals surface area contributed by atoms with Gasteiger partial charge in [-0.05, 0) is 23.5 Å². The predicted molar refractivity (Wildman–Crippen MR) is 77.6 cm³/mol. The van der Waals surface area contributed by atoms with Gasteiger partial charge in [-0.25, -0.2) is 18.1 Å². The number of pyridine rings is 1. The van der Waals surface area contributed by atoms with E-state index in [0.717, 1.165) is 0 Å². The zero-order chi connectivity index (χ0) is 14.7. The highest BCUT2D eigenvalue weighted by molar-refractivity contribution is 7.89. The fraction of sp³-hybridized carbons (Fsp3) is 0.615. The monoisotopic (exact) mass is 285 g/mol. The van der Waals surface area contributed by atoms with Gasteiger partial charge in [0.25, 0.3) is 10.0 Å². The van der Waals surface area contributed by atoms with Gasteiger partial charge in [0.1, 0.15) is 0 Å². The minimum absolute atomic E-state index is 0.0389. The van der Waals surface area contributed by atoms with Crippen molar-refractivity contribution in [3.63, 3.8) is 0 Å². The van der Waals surface area contributed by atoms with Crippen LogP contribution in [0, 0.1) is 11.3 Å². The molecule has 0 aromatic carbocycles. The summed E-state index contributed by atoms with van der Waals surface area (Å²) in [6.45, 7) is 8.62. The Hall–Kier alpha value is -1.14. The summed E-state index contributed by atoms with van der Waals surface area (Å²) in [6.07, 6.45) is 1.48. The Bertz CT molecular complexity index is 524. The van der Waals surface area contributed by atoms with E-state index in [1.807, 2.05) is 13.8 Å². The molecule has 0 bridgehead atoms. The van der Waals surface area contributed by atoms with E-state index in [4.69, 9.17) is 0 Å². The van der Waals surface area contributed by atoms with Crippen molar-refractivity contribution in [1.82, 2.24) is 9.71 Å². The first-order valence-electron chi connectivity index (χ1n) is 6.33. The third-order valence-electron chi connectivity index (χ3n) is 3.58. The van der Waals surface area contributed by atoms with Gasteiger partial charge in [-0.2, -0.15) is 0 Å². The van der Waals surface area contributed by atoms with Crippen LogP contribution in [0.2, 0.25) is 0 Å². The molecule has 0 saturated heterocycles.